The first-order valence-corrected chi connectivity index (χ1v) is 3.97. The maximum Gasteiger partial charge on any atom is 0.288 e. The zero-order chi connectivity index (χ0) is 9.14. The quantitative estimate of drug-likeness (QED) is 0.577. The lowest BCUT2D eigenvalue weighted by molar-refractivity contribution is 0.252. The van der Waals surface area contributed by atoms with Gasteiger partial charge in [-0.2, -0.15) is 8.78 Å². The number of alkyl halides is 2. The third-order valence-electron chi connectivity index (χ3n) is 1.20. The summed E-state index contributed by atoms with van der Waals surface area (Å²) in [5.41, 5.74) is 5.11. The van der Waals surface area contributed by atoms with Crippen molar-refractivity contribution in [1.82, 2.24) is 0 Å². The number of benzene rings is 1. The molecule has 0 aliphatic carbocycles. The Labute approximate surface area is 71.8 Å². The van der Waals surface area contributed by atoms with E-state index in [9.17, 15) is 13.2 Å². The van der Waals surface area contributed by atoms with Crippen LogP contribution in [-0.4, -0.2) is 5.76 Å². The number of nitrogens with two attached hydrogens (primary N) is 1. The fourth-order valence-electron chi connectivity index (χ4n) is 0.684. The average Bonchev–Trinajstić information content (AvgIpc) is 1.96. The van der Waals surface area contributed by atoms with E-state index < -0.39 is 11.6 Å². The molecule has 2 N–H and O–H groups in total. The standard InChI is InChI=1S/C7H6F3NS/c8-5-3-4(12-7(9)10)1-2-6(5)11/h1-3,7H,11H2. The van der Waals surface area contributed by atoms with Crippen LogP contribution in [0.3, 0.4) is 0 Å². The zero-order valence-electron chi connectivity index (χ0n) is 5.93. The second kappa shape index (κ2) is 3.71. The lowest BCUT2D eigenvalue weighted by atomic mass is 10.3. The number of hydrogen-bond donors (Lipinski definition) is 1. The van der Waals surface area contributed by atoms with Gasteiger partial charge in [0.1, 0.15) is 5.82 Å². The van der Waals surface area contributed by atoms with Crippen molar-refractivity contribution in [2.45, 2.75) is 10.7 Å². The number of anilines is 1. The number of rotatable bonds is 2. The molecule has 0 aromatic heterocycles. The normalized spacial score (nSPS) is 10.7. The molecule has 0 saturated carbocycles. The van der Waals surface area contributed by atoms with E-state index >= 15 is 0 Å². The van der Waals surface area contributed by atoms with Crippen molar-refractivity contribution < 1.29 is 13.2 Å². The van der Waals surface area contributed by atoms with E-state index in [0.717, 1.165) is 6.07 Å². The Hall–Kier alpha value is -0.840. The molecule has 12 heavy (non-hydrogen) atoms. The maximum atomic E-state index is 12.6. The molecule has 0 unspecified atom stereocenters. The van der Waals surface area contributed by atoms with E-state index in [1.165, 1.54) is 12.1 Å². The third-order valence-corrected chi connectivity index (χ3v) is 1.90. The van der Waals surface area contributed by atoms with Gasteiger partial charge in [0.2, 0.25) is 0 Å². The predicted octanol–water partition coefficient (Wildman–Crippen LogP) is 2.72. The van der Waals surface area contributed by atoms with Gasteiger partial charge in [0, 0.05) is 4.90 Å². The van der Waals surface area contributed by atoms with Gasteiger partial charge in [-0.05, 0) is 18.2 Å². The number of nitrogen functional groups attached to an aromatic ring is 1. The summed E-state index contributed by atoms with van der Waals surface area (Å²) in [7, 11) is 0. The first-order chi connectivity index (χ1) is 5.59. The summed E-state index contributed by atoms with van der Waals surface area (Å²) in [5.74, 6) is -3.20. The van der Waals surface area contributed by atoms with Gasteiger partial charge in [0.15, 0.2) is 0 Å². The Balaban J connectivity index is 2.82. The number of hydrogen-bond acceptors (Lipinski definition) is 2. The van der Waals surface area contributed by atoms with Crippen LogP contribution in [0.4, 0.5) is 18.9 Å². The highest BCUT2D eigenvalue weighted by atomic mass is 32.2. The van der Waals surface area contributed by atoms with Gasteiger partial charge in [-0.3, -0.25) is 0 Å². The lowest BCUT2D eigenvalue weighted by Gasteiger charge is -2.01. The average molecular weight is 193 g/mol. The van der Waals surface area contributed by atoms with Crippen LogP contribution in [0.1, 0.15) is 0 Å². The van der Waals surface area contributed by atoms with Crippen molar-refractivity contribution in [3.05, 3.63) is 24.0 Å². The molecule has 1 rings (SSSR count). The van der Waals surface area contributed by atoms with E-state index in [1.54, 1.807) is 0 Å². The second-order valence-corrected chi connectivity index (χ2v) is 3.13. The molecule has 0 atom stereocenters. The molecule has 1 aromatic carbocycles. The summed E-state index contributed by atoms with van der Waals surface area (Å²) in [6, 6.07) is 3.61. The Morgan fingerprint density at radius 2 is 2.00 bits per heavy atom. The molecule has 1 nitrogen and oxygen atoms in total. The van der Waals surface area contributed by atoms with Crippen molar-refractivity contribution in [1.29, 1.82) is 0 Å². The zero-order valence-corrected chi connectivity index (χ0v) is 6.75. The highest BCUT2D eigenvalue weighted by molar-refractivity contribution is 7.99. The van der Waals surface area contributed by atoms with E-state index in [-0.39, 0.29) is 10.6 Å². The number of thioether (sulfide) groups is 1. The van der Waals surface area contributed by atoms with Gasteiger partial charge in [0.05, 0.1) is 5.69 Å². The lowest BCUT2D eigenvalue weighted by Crippen LogP contribution is -1.90. The third kappa shape index (κ3) is 2.34. The molecule has 0 bridgehead atoms. The monoisotopic (exact) mass is 193 g/mol. The fraction of sp³-hybridized carbons (Fsp3) is 0.143. The smallest absolute Gasteiger partial charge is 0.288 e. The maximum absolute atomic E-state index is 12.6. The summed E-state index contributed by atoms with van der Waals surface area (Å²) < 4.78 is 36.2. The first kappa shape index (κ1) is 9.25. The Morgan fingerprint density at radius 1 is 1.33 bits per heavy atom. The Bertz CT molecular complexity index is 277. The minimum absolute atomic E-state index is 0.0337. The molecule has 5 heteroatoms. The highest BCUT2D eigenvalue weighted by Crippen LogP contribution is 2.26. The van der Waals surface area contributed by atoms with Crippen LogP contribution in [0, 0.1) is 5.82 Å². The Kier molecular flexibility index (Phi) is 2.86. The van der Waals surface area contributed by atoms with Crippen LogP contribution in [0.15, 0.2) is 23.1 Å². The molecule has 0 spiro atoms. The summed E-state index contributed by atoms with van der Waals surface area (Å²) in [5, 5.41) is 0. The van der Waals surface area contributed by atoms with Crippen LogP contribution in [0.25, 0.3) is 0 Å². The van der Waals surface area contributed by atoms with E-state index in [2.05, 4.69) is 0 Å². The summed E-state index contributed by atoms with van der Waals surface area (Å²) in [6.07, 6.45) is 0. The van der Waals surface area contributed by atoms with E-state index in [4.69, 9.17) is 5.73 Å². The van der Waals surface area contributed by atoms with Gasteiger partial charge >= 0.3 is 0 Å². The summed E-state index contributed by atoms with van der Waals surface area (Å²) >= 11 is 0.292. The Morgan fingerprint density at radius 3 is 2.50 bits per heavy atom. The van der Waals surface area contributed by atoms with Gasteiger partial charge in [-0.1, -0.05) is 11.8 Å². The minimum atomic E-state index is -2.53. The SMILES string of the molecule is Nc1ccc(SC(F)F)cc1F. The minimum Gasteiger partial charge on any atom is -0.396 e. The van der Waals surface area contributed by atoms with Crippen molar-refractivity contribution in [2.75, 3.05) is 5.73 Å². The highest BCUT2D eigenvalue weighted by Gasteiger charge is 2.06. The molecule has 0 fully saturated rings. The molecule has 0 saturated heterocycles. The molecule has 0 heterocycles. The molecule has 0 aliphatic heterocycles. The van der Waals surface area contributed by atoms with Gasteiger partial charge in [-0.25, -0.2) is 4.39 Å². The second-order valence-electron chi connectivity index (χ2n) is 2.06. The van der Waals surface area contributed by atoms with Crippen LogP contribution in [0.2, 0.25) is 0 Å². The van der Waals surface area contributed by atoms with Gasteiger partial charge in [-0.15, -0.1) is 0 Å². The van der Waals surface area contributed by atoms with Crippen molar-refractivity contribution in [3.63, 3.8) is 0 Å². The predicted molar refractivity (Wildman–Crippen MR) is 42.7 cm³/mol. The first-order valence-electron chi connectivity index (χ1n) is 3.09. The van der Waals surface area contributed by atoms with Crippen LogP contribution in [-0.2, 0) is 0 Å². The van der Waals surface area contributed by atoms with E-state index in [0.29, 0.717) is 11.8 Å². The molecule has 0 aliphatic rings. The number of halogens is 3. The largest absolute Gasteiger partial charge is 0.396 e. The molecule has 1 aromatic rings. The molecule has 0 amide bonds. The fourth-order valence-corrected chi connectivity index (χ4v) is 1.21. The van der Waals surface area contributed by atoms with Crippen molar-refractivity contribution in [2.24, 2.45) is 0 Å². The molecule has 66 valence electrons. The molecule has 0 radical (unpaired) electrons. The van der Waals surface area contributed by atoms with Crippen molar-refractivity contribution >= 4 is 17.4 Å². The molecular weight excluding hydrogens is 187 g/mol. The molecular formula is C7H6F3NS. The summed E-state index contributed by atoms with van der Waals surface area (Å²) in [4.78, 5) is 0.178. The topological polar surface area (TPSA) is 26.0 Å². The summed E-state index contributed by atoms with van der Waals surface area (Å²) in [6.45, 7) is 0. The van der Waals surface area contributed by atoms with Crippen LogP contribution in [0.5, 0.6) is 0 Å². The van der Waals surface area contributed by atoms with E-state index in [1.807, 2.05) is 0 Å². The van der Waals surface area contributed by atoms with Crippen LogP contribution < -0.4 is 5.73 Å². The van der Waals surface area contributed by atoms with Crippen molar-refractivity contribution in [3.8, 4) is 0 Å². The van der Waals surface area contributed by atoms with Crippen LogP contribution >= 0.6 is 11.8 Å². The van der Waals surface area contributed by atoms with Gasteiger partial charge in [0.25, 0.3) is 5.76 Å². The van der Waals surface area contributed by atoms with Gasteiger partial charge < -0.3 is 5.73 Å².